The summed E-state index contributed by atoms with van der Waals surface area (Å²) in [5, 5.41) is 12.5. The summed E-state index contributed by atoms with van der Waals surface area (Å²) in [5.41, 5.74) is 0.994. The van der Waals surface area contributed by atoms with Crippen LogP contribution in [-0.2, 0) is 6.54 Å². The molecular weight excluding hydrogens is 307 g/mol. The van der Waals surface area contributed by atoms with Gasteiger partial charge >= 0.3 is 0 Å². The quantitative estimate of drug-likeness (QED) is 0.824. The third-order valence-corrected chi connectivity index (χ3v) is 4.97. The van der Waals surface area contributed by atoms with Gasteiger partial charge in [0, 0.05) is 24.7 Å². The van der Waals surface area contributed by atoms with Gasteiger partial charge in [0.05, 0.1) is 17.7 Å². The number of rotatable bonds is 5. The van der Waals surface area contributed by atoms with E-state index in [0.29, 0.717) is 35.5 Å². The Bertz CT molecular complexity index is 703. The van der Waals surface area contributed by atoms with Gasteiger partial charge in [-0.1, -0.05) is 31.7 Å². The van der Waals surface area contributed by atoms with Crippen molar-refractivity contribution in [1.29, 1.82) is 0 Å². The first kappa shape index (κ1) is 17.0. The number of carbonyl (C=O) groups is 1. The third kappa shape index (κ3) is 3.61. The molecule has 5 heteroatoms. The molecule has 1 amide bonds. The van der Waals surface area contributed by atoms with Gasteiger partial charge in [0.2, 0.25) is 0 Å². The highest BCUT2D eigenvalue weighted by Crippen LogP contribution is 2.25. The SMILES string of the molecule is O=C(NCC1CCCCCC1)c1cn(CCO)c2cccc(F)c12. The van der Waals surface area contributed by atoms with E-state index < -0.39 is 5.82 Å². The Morgan fingerprint density at radius 1 is 1.25 bits per heavy atom. The van der Waals surface area contributed by atoms with Gasteiger partial charge < -0.3 is 15.0 Å². The molecule has 130 valence electrons. The van der Waals surface area contributed by atoms with Crippen LogP contribution < -0.4 is 5.32 Å². The fourth-order valence-corrected chi connectivity index (χ4v) is 3.67. The third-order valence-electron chi connectivity index (χ3n) is 4.97. The van der Waals surface area contributed by atoms with Crippen molar-refractivity contribution in [2.45, 2.75) is 45.1 Å². The summed E-state index contributed by atoms with van der Waals surface area (Å²) >= 11 is 0. The first-order chi connectivity index (χ1) is 11.7. The van der Waals surface area contributed by atoms with Gasteiger partial charge in [0.1, 0.15) is 5.82 Å². The summed E-state index contributed by atoms with van der Waals surface area (Å²) in [6, 6.07) is 4.77. The zero-order chi connectivity index (χ0) is 16.9. The average molecular weight is 332 g/mol. The Morgan fingerprint density at radius 2 is 2.00 bits per heavy atom. The molecule has 0 saturated heterocycles. The largest absolute Gasteiger partial charge is 0.395 e. The van der Waals surface area contributed by atoms with Crippen LogP contribution in [0.2, 0.25) is 0 Å². The molecule has 0 unspecified atom stereocenters. The van der Waals surface area contributed by atoms with E-state index in [-0.39, 0.29) is 12.5 Å². The molecule has 0 atom stereocenters. The van der Waals surface area contributed by atoms with Crippen LogP contribution in [-0.4, -0.2) is 28.7 Å². The number of aliphatic hydroxyl groups is 1. The van der Waals surface area contributed by atoms with Gasteiger partial charge in [-0.3, -0.25) is 4.79 Å². The molecular formula is C19H25FN2O2. The molecule has 1 fully saturated rings. The van der Waals surface area contributed by atoms with E-state index in [1.807, 2.05) is 0 Å². The molecule has 1 aromatic carbocycles. The minimum absolute atomic E-state index is 0.0522. The highest BCUT2D eigenvalue weighted by atomic mass is 19.1. The summed E-state index contributed by atoms with van der Waals surface area (Å²) in [7, 11) is 0. The van der Waals surface area contributed by atoms with E-state index in [9.17, 15) is 14.3 Å². The number of carbonyl (C=O) groups excluding carboxylic acids is 1. The van der Waals surface area contributed by atoms with Gasteiger partial charge in [0.25, 0.3) is 5.91 Å². The second-order valence-electron chi connectivity index (χ2n) is 6.66. The maximum atomic E-state index is 14.3. The van der Waals surface area contributed by atoms with Gasteiger partial charge in [0.15, 0.2) is 0 Å². The van der Waals surface area contributed by atoms with Crippen molar-refractivity contribution in [3.05, 3.63) is 35.8 Å². The molecule has 2 N–H and O–H groups in total. The van der Waals surface area contributed by atoms with Crippen LogP contribution in [0.15, 0.2) is 24.4 Å². The number of fused-ring (bicyclic) bond motifs is 1. The fourth-order valence-electron chi connectivity index (χ4n) is 3.67. The van der Waals surface area contributed by atoms with Crippen LogP contribution in [0.3, 0.4) is 0 Å². The molecule has 4 nitrogen and oxygen atoms in total. The monoisotopic (exact) mass is 332 g/mol. The number of amides is 1. The number of benzene rings is 1. The Hall–Kier alpha value is -1.88. The van der Waals surface area contributed by atoms with Crippen molar-refractivity contribution >= 4 is 16.8 Å². The molecule has 24 heavy (non-hydrogen) atoms. The first-order valence-corrected chi connectivity index (χ1v) is 8.87. The second-order valence-corrected chi connectivity index (χ2v) is 6.66. The van der Waals surface area contributed by atoms with Crippen LogP contribution in [0.25, 0.3) is 10.9 Å². The first-order valence-electron chi connectivity index (χ1n) is 8.87. The van der Waals surface area contributed by atoms with Crippen LogP contribution in [0.4, 0.5) is 4.39 Å². The minimum Gasteiger partial charge on any atom is -0.395 e. The standard InChI is InChI=1S/C19H25FN2O2/c20-16-8-5-9-17-18(16)15(13-22(17)10-11-23)19(24)21-12-14-6-3-1-2-4-7-14/h5,8-9,13-14,23H,1-4,6-7,10-12H2,(H,21,24). The van der Waals surface area contributed by atoms with Crippen LogP contribution in [0, 0.1) is 11.7 Å². The van der Waals surface area contributed by atoms with E-state index in [1.165, 1.54) is 31.7 Å². The molecule has 1 saturated carbocycles. The predicted octanol–water partition coefficient (Wildman–Crippen LogP) is 3.47. The summed E-state index contributed by atoms with van der Waals surface area (Å²) in [6.45, 7) is 0.944. The number of nitrogens with one attached hydrogen (secondary N) is 1. The number of aromatic nitrogens is 1. The Labute approximate surface area is 141 Å². The zero-order valence-corrected chi connectivity index (χ0v) is 13.9. The lowest BCUT2D eigenvalue weighted by Gasteiger charge is -2.14. The molecule has 2 aromatic rings. The van der Waals surface area contributed by atoms with Gasteiger partial charge in [-0.25, -0.2) is 4.39 Å². The summed E-state index contributed by atoms with van der Waals surface area (Å²) < 4.78 is 16.0. The normalized spacial score (nSPS) is 16.2. The number of nitrogens with zero attached hydrogens (tertiary/aromatic N) is 1. The summed E-state index contributed by atoms with van der Waals surface area (Å²) in [6.07, 6.45) is 8.97. The van der Waals surface area contributed by atoms with Gasteiger partial charge in [-0.15, -0.1) is 0 Å². The van der Waals surface area contributed by atoms with Crippen molar-refractivity contribution in [3.63, 3.8) is 0 Å². The highest BCUT2D eigenvalue weighted by Gasteiger charge is 2.19. The number of hydrogen-bond acceptors (Lipinski definition) is 2. The van der Waals surface area contributed by atoms with Crippen molar-refractivity contribution < 1.29 is 14.3 Å². The number of halogens is 1. The van der Waals surface area contributed by atoms with Crippen LogP contribution in [0.5, 0.6) is 0 Å². The van der Waals surface area contributed by atoms with E-state index in [1.54, 1.807) is 22.9 Å². The van der Waals surface area contributed by atoms with Crippen molar-refractivity contribution in [2.24, 2.45) is 5.92 Å². The smallest absolute Gasteiger partial charge is 0.253 e. The zero-order valence-electron chi connectivity index (χ0n) is 13.9. The summed E-state index contributed by atoms with van der Waals surface area (Å²) in [5.74, 6) is -0.109. The fraction of sp³-hybridized carbons (Fsp3) is 0.526. The molecule has 1 aliphatic carbocycles. The highest BCUT2D eigenvalue weighted by molar-refractivity contribution is 6.07. The number of aliphatic hydroxyl groups excluding tert-OH is 1. The molecule has 0 aliphatic heterocycles. The molecule has 1 aliphatic rings. The average Bonchev–Trinajstić information content (AvgIpc) is 2.77. The minimum atomic E-state index is -0.399. The lowest BCUT2D eigenvalue weighted by Crippen LogP contribution is -2.29. The maximum Gasteiger partial charge on any atom is 0.253 e. The Morgan fingerprint density at radius 3 is 2.71 bits per heavy atom. The predicted molar refractivity (Wildman–Crippen MR) is 92.5 cm³/mol. The molecule has 0 radical (unpaired) electrons. The lowest BCUT2D eigenvalue weighted by molar-refractivity contribution is 0.0947. The van der Waals surface area contributed by atoms with E-state index in [0.717, 1.165) is 12.8 Å². The summed E-state index contributed by atoms with van der Waals surface area (Å²) in [4.78, 5) is 12.6. The Balaban J connectivity index is 1.78. The molecule has 3 rings (SSSR count). The van der Waals surface area contributed by atoms with Crippen molar-refractivity contribution in [2.75, 3.05) is 13.2 Å². The van der Waals surface area contributed by atoms with E-state index in [2.05, 4.69) is 5.32 Å². The second kappa shape index (κ2) is 7.79. The van der Waals surface area contributed by atoms with Crippen LogP contribution in [0.1, 0.15) is 48.9 Å². The maximum absolute atomic E-state index is 14.3. The molecule has 0 spiro atoms. The van der Waals surface area contributed by atoms with Crippen molar-refractivity contribution in [1.82, 2.24) is 9.88 Å². The van der Waals surface area contributed by atoms with Crippen molar-refractivity contribution in [3.8, 4) is 0 Å². The Kier molecular flexibility index (Phi) is 5.51. The topological polar surface area (TPSA) is 54.3 Å². The molecule has 1 aromatic heterocycles. The number of hydrogen-bond donors (Lipinski definition) is 2. The van der Waals surface area contributed by atoms with Gasteiger partial charge in [-0.2, -0.15) is 0 Å². The molecule has 0 bridgehead atoms. The van der Waals surface area contributed by atoms with Crippen LogP contribution >= 0.6 is 0 Å². The van der Waals surface area contributed by atoms with E-state index in [4.69, 9.17) is 0 Å². The lowest BCUT2D eigenvalue weighted by atomic mass is 10.0. The van der Waals surface area contributed by atoms with Gasteiger partial charge in [-0.05, 0) is 30.9 Å². The van der Waals surface area contributed by atoms with E-state index >= 15 is 0 Å². The molecule has 1 heterocycles.